The number of carbonyl (C=O) groups is 4. The topological polar surface area (TPSA) is 79.1 Å². The summed E-state index contributed by atoms with van der Waals surface area (Å²) in [6.07, 6.45) is 0. The molecule has 0 N–H and O–H groups in total. The van der Waals surface area contributed by atoms with E-state index in [1.807, 2.05) is 0 Å². The second-order valence-corrected chi connectivity index (χ2v) is 7.90. The molecule has 7 heteroatoms. The molecule has 2 heterocycles. The van der Waals surface area contributed by atoms with Gasteiger partial charge in [0.05, 0.1) is 23.5 Å². The van der Waals surface area contributed by atoms with Crippen LogP contribution in [0, 0.1) is 6.57 Å². The van der Waals surface area contributed by atoms with Gasteiger partial charge in [-0.05, 0) is 47.9 Å². The van der Waals surface area contributed by atoms with Gasteiger partial charge < -0.3 is 0 Å². The Labute approximate surface area is 193 Å². The minimum Gasteiger partial charge on any atom is -0.270 e. The molecule has 0 unspecified atom stereocenters. The summed E-state index contributed by atoms with van der Waals surface area (Å²) in [6.45, 7) is 7.71. The fourth-order valence-corrected chi connectivity index (χ4v) is 4.66. The largest absolute Gasteiger partial charge is 0.270 e. The second kappa shape index (κ2) is 6.95. The second-order valence-electron chi connectivity index (χ2n) is 7.90. The molecule has 6 rings (SSSR count). The van der Waals surface area contributed by atoms with Gasteiger partial charge in [-0.15, -0.1) is 0 Å². The molecule has 160 valence electrons. The van der Waals surface area contributed by atoms with Crippen LogP contribution in [0.4, 0.5) is 17.1 Å². The van der Waals surface area contributed by atoms with Crippen LogP contribution in [-0.4, -0.2) is 23.6 Å². The zero-order valence-corrected chi connectivity index (χ0v) is 17.5. The number of imide groups is 2. The van der Waals surface area contributed by atoms with Gasteiger partial charge in [0.25, 0.3) is 23.6 Å². The first-order valence-electron chi connectivity index (χ1n) is 10.4. The van der Waals surface area contributed by atoms with Gasteiger partial charge in [0.2, 0.25) is 5.69 Å². The summed E-state index contributed by atoms with van der Waals surface area (Å²) in [5.74, 6) is -2.40. The van der Waals surface area contributed by atoms with Crippen molar-refractivity contribution >= 4 is 51.5 Å². The summed E-state index contributed by atoms with van der Waals surface area (Å²) in [4.78, 5) is 59.5. The molecule has 2 aliphatic rings. The zero-order valence-electron chi connectivity index (χ0n) is 17.5. The third kappa shape index (κ3) is 2.45. The fourth-order valence-electron chi connectivity index (χ4n) is 4.66. The van der Waals surface area contributed by atoms with Crippen LogP contribution in [0.1, 0.15) is 41.4 Å². The van der Waals surface area contributed by atoms with E-state index in [4.69, 9.17) is 6.57 Å². The lowest BCUT2D eigenvalue weighted by Crippen LogP contribution is -2.43. The smallest absolute Gasteiger partial charge is 0.265 e. The van der Waals surface area contributed by atoms with Crippen LogP contribution in [0.2, 0.25) is 0 Å². The summed E-state index contributed by atoms with van der Waals surface area (Å²) in [7, 11) is 0. The average molecular weight is 443 g/mol. The van der Waals surface area contributed by atoms with Crippen molar-refractivity contribution in [3.8, 4) is 0 Å². The van der Waals surface area contributed by atoms with Crippen molar-refractivity contribution in [2.24, 2.45) is 0 Å². The molecule has 34 heavy (non-hydrogen) atoms. The number of amides is 4. The Hall–Kier alpha value is -5.09. The molecule has 4 aromatic carbocycles. The third-order valence-electron chi connectivity index (χ3n) is 6.13. The number of nitrogens with zero attached hydrogens (tertiary/aromatic N) is 3. The highest BCUT2D eigenvalue weighted by Crippen LogP contribution is 2.43. The molecule has 0 saturated carbocycles. The van der Waals surface area contributed by atoms with Gasteiger partial charge in [0.1, 0.15) is 0 Å². The first kappa shape index (κ1) is 19.6. The van der Waals surface area contributed by atoms with Gasteiger partial charge in [-0.1, -0.05) is 36.4 Å². The Morgan fingerprint density at radius 3 is 1.56 bits per heavy atom. The molecule has 0 saturated heterocycles. The highest BCUT2D eigenvalue weighted by atomic mass is 16.2. The third-order valence-corrected chi connectivity index (χ3v) is 6.13. The Kier molecular flexibility index (Phi) is 4.01. The minimum atomic E-state index is -0.663. The molecule has 0 aromatic heterocycles. The van der Waals surface area contributed by atoms with Crippen molar-refractivity contribution in [1.82, 2.24) is 0 Å². The summed E-state index contributed by atoms with van der Waals surface area (Å²) < 4.78 is 0. The van der Waals surface area contributed by atoms with Crippen LogP contribution >= 0.6 is 0 Å². The van der Waals surface area contributed by atoms with Gasteiger partial charge >= 0.3 is 0 Å². The van der Waals surface area contributed by atoms with Gasteiger partial charge in [-0.3, -0.25) is 19.2 Å². The number of rotatable bonds is 2. The zero-order chi connectivity index (χ0) is 23.6. The van der Waals surface area contributed by atoms with Crippen molar-refractivity contribution in [2.45, 2.75) is 0 Å². The lowest BCUT2D eigenvalue weighted by atomic mass is 9.84. The molecule has 0 fully saturated rings. The molecule has 0 bridgehead atoms. The summed E-state index contributed by atoms with van der Waals surface area (Å²) in [6, 6.07) is 21.3. The van der Waals surface area contributed by atoms with E-state index in [0.29, 0.717) is 11.4 Å². The Morgan fingerprint density at radius 2 is 1.03 bits per heavy atom. The van der Waals surface area contributed by atoms with Crippen LogP contribution in [0.3, 0.4) is 0 Å². The molecule has 0 radical (unpaired) electrons. The Balaban J connectivity index is 1.66. The predicted octanol–water partition coefficient (Wildman–Crippen LogP) is 4.99. The molecule has 4 aromatic rings. The number of benzene rings is 4. The number of hydrogen-bond acceptors (Lipinski definition) is 4. The number of carbonyl (C=O) groups excluding carboxylic acids is 4. The van der Waals surface area contributed by atoms with Gasteiger partial charge in [0, 0.05) is 22.1 Å². The molecule has 2 aliphatic heterocycles. The van der Waals surface area contributed by atoms with E-state index in [9.17, 15) is 19.2 Å². The maximum atomic E-state index is 13.6. The SMILES string of the molecule is [C-]#[N+]c1cc2c3c(ccc4c3c1C(=O)N(c1ccccc1)C4=O)C(=O)N(c1ccccc1)C2=O. The predicted molar refractivity (Wildman–Crippen MR) is 125 cm³/mol. The van der Waals surface area contributed by atoms with Crippen molar-refractivity contribution in [2.75, 3.05) is 9.80 Å². The minimum absolute atomic E-state index is 0.0165. The van der Waals surface area contributed by atoms with E-state index >= 15 is 0 Å². The van der Waals surface area contributed by atoms with Gasteiger partial charge in [0.15, 0.2) is 0 Å². The number of anilines is 2. The van der Waals surface area contributed by atoms with E-state index in [2.05, 4.69) is 4.85 Å². The Morgan fingerprint density at radius 1 is 0.559 bits per heavy atom. The molecular formula is C27H13N3O4. The molecule has 0 atom stereocenters. The van der Waals surface area contributed by atoms with Crippen molar-refractivity contribution in [3.63, 3.8) is 0 Å². The van der Waals surface area contributed by atoms with E-state index in [1.54, 1.807) is 60.7 Å². The maximum Gasteiger partial charge on any atom is 0.265 e. The number of para-hydroxylation sites is 2. The van der Waals surface area contributed by atoms with Crippen LogP contribution in [0.25, 0.3) is 15.6 Å². The maximum absolute atomic E-state index is 13.6. The quantitative estimate of drug-likeness (QED) is 0.323. The van der Waals surface area contributed by atoms with E-state index in [0.717, 1.165) is 9.80 Å². The standard InChI is InChI=1S/C27H13N3O4/c1-28-20-14-19-21-17(24(31)29(26(19)33)15-8-4-2-5-9-15)12-13-18-22(21)23(20)27(34)30(25(18)32)16-10-6-3-7-11-16/h2-14H. The van der Waals surface area contributed by atoms with E-state index in [1.165, 1.54) is 18.2 Å². The summed E-state index contributed by atoms with van der Waals surface area (Å²) >= 11 is 0. The normalized spacial score (nSPS) is 14.6. The highest BCUT2D eigenvalue weighted by molar-refractivity contribution is 6.43. The van der Waals surface area contributed by atoms with Crippen LogP contribution in [0.15, 0.2) is 78.9 Å². The van der Waals surface area contributed by atoms with Gasteiger partial charge in [-0.2, -0.15) is 0 Å². The van der Waals surface area contributed by atoms with Crippen LogP contribution < -0.4 is 9.80 Å². The lowest BCUT2D eigenvalue weighted by molar-refractivity contribution is 0.0873. The Bertz CT molecular complexity index is 1640. The lowest BCUT2D eigenvalue weighted by Gasteiger charge is -2.32. The molecule has 4 amide bonds. The average Bonchev–Trinajstić information content (AvgIpc) is 2.87. The van der Waals surface area contributed by atoms with Crippen molar-refractivity contribution < 1.29 is 19.2 Å². The van der Waals surface area contributed by atoms with Crippen molar-refractivity contribution in [3.05, 3.63) is 113 Å². The number of hydrogen-bond donors (Lipinski definition) is 0. The molecule has 0 aliphatic carbocycles. The van der Waals surface area contributed by atoms with E-state index in [-0.39, 0.29) is 38.7 Å². The fraction of sp³-hybridized carbons (Fsp3) is 0. The van der Waals surface area contributed by atoms with Crippen molar-refractivity contribution in [1.29, 1.82) is 0 Å². The molecular weight excluding hydrogens is 430 g/mol. The summed E-state index contributed by atoms with van der Waals surface area (Å²) in [5.41, 5.74) is 1.20. The first-order valence-corrected chi connectivity index (χ1v) is 10.4. The molecule has 7 nitrogen and oxygen atoms in total. The van der Waals surface area contributed by atoms with Crippen LogP contribution in [-0.2, 0) is 0 Å². The van der Waals surface area contributed by atoms with Crippen LogP contribution in [0.5, 0.6) is 0 Å². The van der Waals surface area contributed by atoms with E-state index < -0.39 is 23.6 Å². The summed E-state index contributed by atoms with van der Waals surface area (Å²) in [5, 5.41) is 0.411. The van der Waals surface area contributed by atoms with Gasteiger partial charge in [-0.25, -0.2) is 14.6 Å². The monoisotopic (exact) mass is 443 g/mol. The first-order chi connectivity index (χ1) is 16.5. The molecule has 0 spiro atoms. The highest BCUT2D eigenvalue weighted by Gasteiger charge is 2.42.